The van der Waals surface area contributed by atoms with Crippen LogP contribution in [0, 0.1) is 0 Å². The number of alkyl halides is 3. The van der Waals surface area contributed by atoms with E-state index in [1.807, 2.05) is 72.8 Å². The van der Waals surface area contributed by atoms with Crippen LogP contribution in [-0.4, -0.2) is 53.3 Å². The van der Waals surface area contributed by atoms with Crippen LogP contribution in [0.5, 0.6) is 0 Å². The van der Waals surface area contributed by atoms with Crippen LogP contribution in [0.2, 0.25) is 0 Å². The largest absolute Gasteiger partial charge is 0.405 e. The van der Waals surface area contributed by atoms with Crippen molar-refractivity contribution in [2.24, 2.45) is 0 Å². The molecule has 3 aromatic carbocycles. The number of carbonyl (C=O) groups excluding carboxylic acids is 2. The number of thioether (sulfide) groups is 1. The number of amides is 2. The zero-order chi connectivity index (χ0) is 32.9. The summed E-state index contributed by atoms with van der Waals surface area (Å²) < 4.78 is 39.4. The molecule has 1 fully saturated rings. The van der Waals surface area contributed by atoms with Crippen LogP contribution in [0.1, 0.15) is 66.6 Å². The normalized spacial score (nSPS) is 15.2. The van der Waals surface area contributed by atoms with Crippen LogP contribution in [0.15, 0.2) is 84.1 Å². The summed E-state index contributed by atoms with van der Waals surface area (Å²) in [6.45, 7) is 0.581. The Balaban J connectivity index is 1.05. The van der Waals surface area contributed by atoms with Gasteiger partial charge in [-0.25, -0.2) is 4.98 Å². The molecule has 1 aromatic heterocycles. The molecule has 246 valence electrons. The minimum Gasteiger partial charge on any atom is -0.370 e. The smallest absolute Gasteiger partial charge is 0.370 e. The minimum absolute atomic E-state index is 0.250. The predicted molar refractivity (Wildman–Crippen MR) is 180 cm³/mol. The zero-order valence-corrected chi connectivity index (χ0v) is 26.9. The first-order chi connectivity index (χ1) is 22.8. The van der Waals surface area contributed by atoms with Crippen LogP contribution in [0.4, 0.5) is 24.5 Å². The number of hydrogen-bond acceptors (Lipinski definition) is 5. The number of unbranched alkanes of at least 4 members (excludes halogenated alkanes) is 2. The fourth-order valence-electron chi connectivity index (χ4n) is 6.79. The highest BCUT2D eigenvalue weighted by molar-refractivity contribution is 7.99. The second-order valence-corrected chi connectivity index (χ2v) is 13.2. The Kier molecular flexibility index (Phi) is 9.91. The summed E-state index contributed by atoms with van der Waals surface area (Å²) in [5.41, 5.74) is 4.25. The number of piperidine rings is 1. The van der Waals surface area contributed by atoms with E-state index in [-0.39, 0.29) is 5.91 Å². The number of benzene rings is 3. The first-order valence-electron chi connectivity index (χ1n) is 16.1. The van der Waals surface area contributed by atoms with Crippen molar-refractivity contribution in [2.75, 3.05) is 35.6 Å². The lowest BCUT2D eigenvalue weighted by Crippen LogP contribution is -2.47. The number of aromatic nitrogens is 2. The molecule has 2 amide bonds. The summed E-state index contributed by atoms with van der Waals surface area (Å²) in [4.78, 5) is 36.5. The highest BCUT2D eigenvalue weighted by atomic mass is 32.2. The van der Waals surface area contributed by atoms with Crippen molar-refractivity contribution in [1.82, 2.24) is 15.3 Å². The molecule has 0 saturated carbocycles. The number of carbonyl (C=O) groups is 2. The van der Waals surface area contributed by atoms with Crippen LogP contribution in [-0.2, 0) is 10.2 Å². The number of aromatic amines is 1. The summed E-state index contributed by atoms with van der Waals surface area (Å²) in [5.74, 6) is -0.145. The number of H-pyrrole nitrogens is 1. The van der Waals surface area contributed by atoms with Gasteiger partial charge in [-0.3, -0.25) is 9.59 Å². The summed E-state index contributed by atoms with van der Waals surface area (Å²) in [6.07, 6.45) is 3.16. The molecule has 1 aliphatic carbocycles. The molecule has 7 nitrogen and oxygen atoms in total. The first-order valence-corrected chi connectivity index (χ1v) is 17.1. The van der Waals surface area contributed by atoms with Crippen LogP contribution in [0.3, 0.4) is 0 Å². The van der Waals surface area contributed by atoms with Gasteiger partial charge in [0, 0.05) is 18.8 Å². The summed E-state index contributed by atoms with van der Waals surface area (Å²) in [7, 11) is 0. The molecule has 0 unspecified atom stereocenters. The molecular weight excluding hydrogens is 623 g/mol. The van der Waals surface area contributed by atoms with Gasteiger partial charge in [0.05, 0.1) is 17.6 Å². The monoisotopic (exact) mass is 661 g/mol. The summed E-state index contributed by atoms with van der Waals surface area (Å²) in [5, 5.41) is 5.87. The predicted octanol–water partition coefficient (Wildman–Crippen LogP) is 7.95. The number of fused-ring (bicyclic) bond motifs is 3. The van der Waals surface area contributed by atoms with E-state index < -0.39 is 24.0 Å². The van der Waals surface area contributed by atoms with Gasteiger partial charge >= 0.3 is 6.18 Å². The van der Waals surface area contributed by atoms with Crippen molar-refractivity contribution in [3.63, 3.8) is 0 Å². The fraction of sp³-hybridized carbons (Fsp3) is 0.361. The standard InChI is InChI=1S/C36H38F3N5O2S/c37-36(38,39)24-41-33(46)35(27-15-5-3-13-25(27)26-14-4-6-16-28(26)35)19-9-1-12-22-47-34-40-23-30(43-34)32(45)42-29-17-7-8-18-31(29)44-20-10-2-11-21-44/h3-8,13-18,23H,1-2,9-12,19-22,24H2,(H,40,43)(H,41,46)(H,42,45). The van der Waals surface area contributed by atoms with Crippen molar-refractivity contribution in [3.8, 4) is 11.1 Å². The van der Waals surface area contributed by atoms with Crippen molar-refractivity contribution in [2.45, 2.75) is 61.7 Å². The highest BCUT2D eigenvalue weighted by Gasteiger charge is 2.49. The molecule has 0 bridgehead atoms. The van der Waals surface area contributed by atoms with Gasteiger partial charge in [0.15, 0.2) is 5.16 Å². The molecule has 6 rings (SSSR count). The van der Waals surface area contributed by atoms with Gasteiger partial charge in [0.25, 0.3) is 5.91 Å². The molecule has 1 saturated heterocycles. The molecule has 2 aliphatic rings. The lowest BCUT2D eigenvalue weighted by Gasteiger charge is -2.31. The van der Waals surface area contributed by atoms with Crippen LogP contribution in [0.25, 0.3) is 11.1 Å². The van der Waals surface area contributed by atoms with Gasteiger partial charge in [0.1, 0.15) is 17.7 Å². The van der Waals surface area contributed by atoms with Gasteiger partial charge in [-0.15, -0.1) is 0 Å². The maximum absolute atomic E-state index is 13.7. The van der Waals surface area contributed by atoms with Gasteiger partial charge in [0.2, 0.25) is 5.91 Å². The lowest BCUT2D eigenvalue weighted by molar-refractivity contribution is -0.141. The first kappa shape index (κ1) is 32.7. The second kappa shape index (κ2) is 14.3. The maximum atomic E-state index is 13.7. The average molecular weight is 662 g/mol. The van der Waals surface area contributed by atoms with E-state index in [0.717, 1.165) is 78.2 Å². The molecular formula is C36H38F3N5O2S. The van der Waals surface area contributed by atoms with E-state index >= 15 is 0 Å². The van der Waals surface area contributed by atoms with Gasteiger partial charge < -0.3 is 20.5 Å². The van der Waals surface area contributed by atoms with E-state index in [1.54, 1.807) is 6.20 Å². The van der Waals surface area contributed by atoms with E-state index in [2.05, 4.69) is 25.5 Å². The van der Waals surface area contributed by atoms with Crippen molar-refractivity contribution in [3.05, 3.63) is 95.8 Å². The maximum Gasteiger partial charge on any atom is 0.405 e. The number of nitrogens with one attached hydrogen (secondary N) is 3. The Labute approximate surface area is 276 Å². The highest BCUT2D eigenvalue weighted by Crippen LogP contribution is 2.51. The Morgan fingerprint density at radius 3 is 2.23 bits per heavy atom. The lowest BCUT2D eigenvalue weighted by atomic mass is 9.73. The summed E-state index contributed by atoms with van der Waals surface area (Å²) >= 11 is 1.51. The van der Waals surface area contributed by atoms with Gasteiger partial charge in [-0.1, -0.05) is 85.3 Å². The SMILES string of the molecule is O=C(Nc1ccccc1N1CCCCC1)c1cnc(SCCCCCC2(C(=O)NCC(F)(F)F)c3ccccc3-c3ccccc32)[nH]1. The number of imidazole rings is 1. The van der Waals surface area contributed by atoms with Crippen LogP contribution < -0.4 is 15.5 Å². The third kappa shape index (κ3) is 7.20. The number of anilines is 2. The molecule has 0 radical (unpaired) electrons. The van der Waals surface area contributed by atoms with E-state index in [0.29, 0.717) is 23.7 Å². The quantitative estimate of drug-likeness (QED) is 0.106. The molecule has 1 aliphatic heterocycles. The van der Waals surface area contributed by atoms with Crippen molar-refractivity contribution >= 4 is 35.0 Å². The van der Waals surface area contributed by atoms with E-state index in [4.69, 9.17) is 0 Å². The third-order valence-corrected chi connectivity index (χ3v) is 9.96. The molecule has 0 spiro atoms. The number of halogens is 3. The van der Waals surface area contributed by atoms with E-state index in [9.17, 15) is 22.8 Å². The van der Waals surface area contributed by atoms with Crippen molar-refractivity contribution < 1.29 is 22.8 Å². The molecule has 2 heterocycles. The Morgan fingerprint density at radius 2 is 1.53 bits per heavy atom. The summed E-state index contributed by atoms with van der Waals surface area (Å²) in [6, 6.07) is 22.9. The topological polar surface area (TPSA) is 90.1 Å². The zero-order valence-electron chi connectivity index (χ0n) is 26.0. The Morgan fingerprint density at radius 1 is 0.872 bits per heavy atom. The van der Waals surface area contributed by atoms with Gasteiger partial charge in [-0.05, 0) is 66.5 Å². The molecule has 0 atom stereocenters. The Hall–Kier alpha value is -4.25. The van der Waals surface area contributed by atoms with E-state index in [1.165, 1.54) is 18.2 Å². The second-order valence-electron chi connectivity index (χ2n) is 12.1. The average Bonchev–Trinajstić information content (AvgIpc) is 3.67. The third-order valence-electron chi connectivity index (χ3n) is 8.98. The number of para-hydroxylation sites is 2. The van der Waals surface area contributed by atoms with Gasteiger partial charge in [-0.2, -0.15) is 13.2 Å². The molecule has 4 aromatic rings. The minimum atomic E-state index is -4.50. The fourth-order valence-corrected chi connectivity index (χ4v) is 7.64. The van der Waals surface area contributed by atoms with Crippen molar-refractivity contribution in [1.29, 1.82) is 0 Å². The van der Waals surface area contributed by atoms with Crippen LogP contribution >= 0.6 is 11.8 Å². The number of nitrogens with zero attached hydrogens (tertiary/aromatic N) is 2. The Bertz CT molecular complexity index is 1670. The number of rotatable bonds is 12. The molecule has 47 heavy (non-hydrogen) atoms. The molecule has 3 N–H and O–H groups in total. The molecule has 11 heteroatoms. The number of hydrogen-bond donors (Lipinski definition) is 3.